The van der Waals surface area contributed by atoms with E-state index >= 15 is 0 Å². The number of thioether (sulfide) groups is 1. The Morgan fingerprint density at radius 3 is 2.47 bits per heavy atom. The summed E-state index contributed by atoms with van der Waals surface area (Å²) >= 11 is 1.77. The molecule has 1 aromatic carbocycles. The van der Waals surface area contributed by atoms with Gasteiger partial charge >= 0.3 is 5.97 Å². The number of hydrogen-bond donors (Lipinski definition) is 2. The number of hydrogen-bond acceptors (Lipinski definition) is 3. The van der Waals surface area contributed by atoms with Gasteiger partial charge in [-0.3, -0.25) is 4.79 Å². The Morgan fingerprint density at radius 1 is 1.26 bits per heavy atom. The number of nitrogens with one attached hydrogen (secondary N) is 1. The Hall–Kier alpha value is -1.49. The van der Waals surface area contributed by atoms with Gasteiger partial charge in [0.2, 0.25) is 0 Å². The molecule has 19 heavy (non-hydrogen) atoms. The first-order chi connectivity index (χ1) is 8.79. The van der Waals surface area contributed by atoms with Crippen LogP contribution in [-0.2, 0) is 0 Å². The third-order valence-corrected chi connectivity index (χ3v) is 3.57. The van der Waals surface area contributed by atoms with Gasteiger partial charge < -0.3 is 10.4 Å². The molecule has 0 aromatic heterocycles. The van der Waals surface area contributed by atoms with Crippen molar-refractivity contribution in [1.29, 1.82) is 0 Å². The zero-order valence-electron chi connectivity index (χ0n) is 11.4. The van der Waals surface area contributed by atoms with Crippen LogP contribution in [0.2, 0.25) is 0 Å². The summed E-state index contributed by atoms with van der Waals surface area (Å²) in [7, 11) is 0. The van der Waals surface area contributed by atoms with E-state index in [0.29, 0.717) is 12.1 Å². The van der Waals surface area contributed by atoms with Gasteiger partial charge in [0.25, 0.3) is 5.91 Å². The Labute approximate surface area is 117 Å². The van der Waals surface area contributed by atoms with Gasteiger partial charge in [-0.2, -0.15) is 11.8 Å². The van der Waals surface area contributed by atoms with Gasteiger partial charge in [-0.1, -0.05) is 26.8 Å². The lowest BCUT2D eigenvalue weighted by Gasteiger charge is -2.17. The first kappa shape index (κ1) is 15.6. The molecule has 0 bridgehead atoms. The van der Waals surface area contributed by atoms with Crippen molar-refractivity contribution in [2.45, 2.75) is 25.5 Å². The highest BCUT2D eigenvalue weighted by Gasteiger charge is 2.11. The van der Waals surface area contributed by atoms with Crippen LogP contribution < -0.4 is 5.32 Å². The smallest absolute Gasteiger partial charge is 0.335 e. The highest BCUT2D eigenvalue weighted by molar-refractivity contribution is 8.00. The minimum absolute atomic E-state index is 0.122. The maximum Gasteiger partial charge on any atom is 0.335 e. The Morgan fingerprint density at radius 2 is 1.89 bits per heavy atom. The third-order valence-electron chi connectivity index (χ3n) is 2.29. The fourth-order valence-corrected chi connectivity index (χ4v) is 2.23. The van der Waals surface area contributed by atoms with E-state index in [4.69, 9.17) is 5.11 Å². The number of carboxylic acid groups (broad SMARTS) is 1. The Kier molecular flexibility index (Phi) is 5.42. The van der Waals surface area contributed by atoms with Crippen LogP contribution in [0.4, 0.5) is 0 Å². The van der Waals surface area contributed by atoms with Crippen molar-refractivity contribution in [2.24, 2.45) is 0 Å². The second-order valence-electron chi connectivity index (χ2n) is 5.10. The molecule has 0 atom stereocenters. The molecule has 0 heterocycles. The maximum absolute atomic E-state index is 11.8. The summed E-state index contributed by atoms with van der Waals surface area (Å²) in [5.41, 5.74) is 0.498. The summed E-state index contributed by atoms with van der Waals surface area (Å²) in [6.45, 7) is 6.93. The molecule has 0 spiro atoms. The number of carbonyl (C=O) groups excluding carboxylic acids is 1. The number of rotatable bonds is 5. The number of benzene rings is 1. The van der Waals surface area contributed by atoms with Crippen molar-refractivity contribution in [1.82, 2.24) is 5.32 Å². The van der Waals surface area contributed by atoms with Crippen LogP contribution in [0.5, 0.6) is 0 Å². The SMILES string of the molecule is CC(C)(C)SCCNC(=O)c1cccc(C(=O)O)c1. The minimum atomic E-state index is -1.03. The topological polar surface area (TPSA) is 66.4 Å². The standard InChI is InChI=1S/C14H19NO3S/c1-14(2,3)19-8-7-15-12(16)10-5-4-6-11(9-10)13(17)18/h4-6,9H,7-8H2,1-3H3,(H,15,16)(H,17,18). The van der Waals surface area contributed by atoms with Gasteiger partial charge in [-0.25, -0.2) is 4.79 Å². The molecular weight excluding hydrogens is 262 g/mol. The van der Waals surface area contributed by atoms with Crippen LogP contribution in [0.1, 0.15) is 41.5 Å². The van der Waals surface area contributed by atoms with Crippen molar-refractivity contribution >= 4 is 23.6 Å². The molecule has 0 saturated carbocycles. The fourth-order valence-electron chi connectivity index (χ4n) is 1.42. The number of amides is 1. The molecule has 0 aliphatic heterocycles. The van der Waals surface area contributed by atoms with E-state index in [1.165, 1.54) is 12.1 Å². The van der Waals surface area contributed by atoms with Gasteiger partial charge in [0.15, 0.2) is 0 Å². The van der Waals surface area contributed by atoms with Gasteiger partial charge in [0, 0.05) is 22.6 Å². The lowest BCUT2D eigenvalue weighted by atomic mass is 10.1. The van der Waals surface area contributed by atoms with Gasteiger partial charge in [-0.05, 0) is 18.2 Å². The quantitative estimate of drug-likeness (QED) is 0.814. The number of carbonyl (C=O) groups is 2. The summed E-state index contributed by atoms with van der Waals surface area (Å²) in [5, 5.41) is 11.6. The summed E-state index contributed by atoms with van der Waals surface area (Å²) in [6, 6.07) is 6.03. The van der Waals surface area contributed by atoms with E-state index in [-0.39, 0.29) is 16.2 Å². The lowest BCUT2D eigenvalue weighted by molar-refractivity contribution is 0.0697. The van der Waals surface area contributed by atoms with Crippen LogP contribution in [-0.4, -0.2) is 34.0 Å². The summed E-state index contributed by atoms with van der Waals surface area (Å²) < 4.78 is 0.175. The Balaban J connectivity index is 2.50. The van der Waals surface area contributed by atoms with Crippen LogP contribution >= 0.6 is 11.8 Å². The van der Waals surface area contributed by atoms with E-state index in [9.17, 15) is 9.59 Å². The summed E-state index contributed by atoms with van der Waals surface area (Å²) in [4.78, 5) is 22.6. The highest BCUT2D eigenvalue weighted by atomic mass is 32.2. The molecule has 2 N–H and O–H groups in total. The fraction of sp³-hybridized carbons (Fsp3) is 0.429. The maximum atomic E-state index is 11.8. The van der Waals surface area contributed by atoms with Crippen molar-refractivity contribution in [3.05, 3.63) is 35.4 Å². The summed E-state index contributed by atoms with van der Waals surface area (Å²) in [5.74, 6) is -0.441. The lowest BCUT2D eigenvalue weighted by Crippen LogP contribution is -2.27. The highest BCUT2D eigenvalue weighted by Crippen LogP contribution is 2.22. The second kappa shape index (κ2) is 6.61. The molecule has 0 radical (unpaired) electrons. The normalized spacial score (nSPS) is 11.1. The van der Waals surface area contributed by atoms with E-state index in [1.54, 1.807) is 23.9 Å². The largest absolute Gasteiger partial charge is 0.478 e. The third kappa shape index (κ3) is 5.79. The Bertz CT molecular complexity index is 466. The van der Waals surface area contributed by atoms with Crippen LogP contribution in [0.25, 0.3) is 0 Å². The number of carboxylic acids is 1. The van der Waals surface area contributed by atoms with Gasteiger partial charge in [0.05, 0.1) is 5.56 Å². The zero-order chi connectivity index (χ0) is 14.5. The van der Waals surface area contributed by atoms with Crippen LogP contribution in [0.15, 0.2) is 24.3 Å². The molecule has 1 rings (SSSR count). The van der Waals surface area contributed by atoms with Crippen molar-refractivity contribution < 1.29 is 14.7 Å². The average Bonchev–Trinajstić information content (AvgIpc) is 2.33. The average molecular weight is 281 g/mol. The first-order valence-electron chi connectivity index (χ1n) is 6.05. The van der Waals surface area contributed by atoms with Crippen molar-refractivity contribution in [3.8, 4) is 0 Å². The van der Waals surface area contributed by atoms with Gasteiger partial charge in [-0.15, -0.1) is 0 Å². The molecule has 0 saturated heterocycles. The molecule has 4 nitrogen and oxygen atoms in total. The zero-order valence-corrected chi connectivity index (χ0v) is 12.2. The molecular formula is C14H19NO3S. The van der Waals surface area contributed by atoms with E-state index < -0.39 is 5.97 Å². The van der Waals surface area contributed by atoms with Gasteiger partial charge in [0.1, 0.15) is 0 Å². The number of aromatic carboxylic acids is 1. The van der Waals surface area contributed by atoms with Crippen LogP contribution in [0.3, 0.4) is 0 Å². The molecule has 0 aliphatic rings. The van der Waals surface area contributed by atoms with E-state index in [1.807, 2.05) is 0 Å². The predicted molar refractivity (Wildman–Crippen MR) is 77.9 cm³/mol. The van der Waals surface area contributed by atoms with Crippen molar-refractivity contribution in [3.63, 3.8) is 0 Å². The molecule has 104 valence electrons. The minimum Gasteiger partial charge on any atom is -0.478 e. The second-order valence-corrected chi connectivity index (χ2v) is 7.02. The van der Waals surface area contributed by atoms with Crippen molar-refractivity contribution in [2.75, 3.05) is 12.3 Å². The molecule has 0 fully saturated rings. The molecule has 1 amide bonds. The van der Waals surface area contributed by atoms with Crippen LogP contribution in [0, 0.1) is 0 Å². The summed E-state index contributed by atoms with van der Waals surface area (Å²) in [6.07, 6.45) is 0. The van der Waals surface area contributed by atoms with E-state index in [0.717, 1.165) is 5.75 Å². The molecule has 5 heteroatoms. The monoisotopic (exact) mass is 281 g/mol. The predicted octanol–water partition coefficient (Wildman–Crippen LogP) is 2.65. The molecule has 0 aliphatic carbocycles. The molecule has 0 unspecified atom stereocenters. The first-order valence-corrected chi connectivity index (χ1v) is 7.04. The molecule has 1 aromatic rings. The van der Waals surface area contributed by atoms with E-state index in [2.05, 4.69) is 26.1 Å².